The Morgan fingerprint density at radius 2 is 1.91 bits per heavy atom. The number of aromatic amines is 1. The van der Waals surface area contributed by atoms with Crippen LogP contribution in [0.15, 0.2) is 66.9 Å². The molecule has 7 heteroatoms. The molecule has 0 spiro atoms. The molecular weight excluding hydrogens is 421 g/mol. The van der Waals surface area contributed by atoms with E-state index in [-0.39, 0.29) is 24.8 Å². The zero-order valence-electron chi connectivity index (χ0n) is 18.2. The van der Waals surface area contributed by atoms with Gasteiger partial charge in [0.15, 0.2) is 0 Å². The van der Waals surface area contributed by atoms with E-state index in [1.807, 2.05) is 18.2 Å². The molecule has 0 aliphatic rings. The molecule has 0 saturated heterocycles. The second kappa shape index (κ2) is 10.1. The number of ether oxygens (including phenoxy) is 1. The lowest BCUT2D eigenvalue weighted by molar-refractivity contribution is -0.116. The highest BCUT2D eigenvalue weighted by Gasteiger charge is 2.17. The molecule has 33 heavy (non-hydrogen) atoms. The number of carbonyl (C=O) groups excluding carboxylic acids is 2. The van der Waals surface area contributed by atoms with Crippen LogP contribution in [0.3, 0.4) is 0 Å². The van der Waals surface area contributed by atoms with Gasteiger partial charge in [0.05, 0.1) is 29.2 Å². The lowest BCUT2D eigenvalue weighted by Gasteiger charge is -2.10. The molecule has 0 radical (unpaired) electrons. The second-order valence-corrected chi connectivity index (χ2v) is 7.55. The number of amides is 1. The summed E-state index contributed by atoms with van der Waals surface area (Å²) in [5.41, 5.74) is 4.06. The fraction of sp³-hybridized carbons (Fsp3) is 0.192. The van der Waals surface area contributed by atoms with E-state index in [0.29, 0.717) is 24.1 Å². The summed E-state index contributed by atoms with van der Waals surface area (Å²) < 4.78 is 19.0. The number of fused-ring (bicyclic) bond motifs is 1. The first kappa shape index (κ1) is 22.2. The van der Waals surface area contributed by atoms with Crippen LogP contribution in [0.1, 0.15) is 35.7 Å². The van der Waals surface area contributed by atoms with Crippen molar-refractivity contribution in [2.45, 2.75) is 26.2 Å². The molecule has 0 bridgehead atoms. The first-order valence-electron chi connectivity index (χ1n) is 10.8. The summed E-state index contributed by atoms with van der Waals surface area (Å²) in [6.07, 6.45) is 3.04. The SMILES string of the molecule is CCOC(=O)c1ccccc1NC(=O)CCCc1c(-c2ccccn2)[nH]c2ccc(F)cc12. The fourth-order valence-electron chi connectivity index (χ4n) is 3.83. The number of hydrogen-bond acceptors (Lipinski definition) is 4. The van der Waals surface area contributed by atoms with Gasteiger partial charge < -0.3 is 15.0 Å². The van der Waals surface area contributed by atoms with Crippen molar-refractivity contribution in [3.05, 3.63) is 83.8 Å². The van der Waals surface area contributed by atoms with E-state index >= 15 is 0 Å². The van der Waals surface area contributed by atoms with E-state index in [2.05, 4.69) is 15.3 Å². The molecule has 2 aromatic heterocycles. The van der Waals surface area contributed by atoms with Crippen LogP contribution >= 0.6 is 0 Å². The number of rotatable bonds is 8. The molecule has 0 aliphatic carbocycles. The third-order valence-corrected chi connectivity index (χ3v) is 5.32. The molecule has 4 aromatic rings. The van der Waals surface area contributed by atoms with Crippen LogP contribution in [0.4, 0.5) is 10.1 Å². The number of para-hydroxylation sites is 1. The standard InChI is InChI=1S/C26H24FN3O3/c1-2-33-26(32)19-8-3-4-10-21(19)29-24(31)12-7-9-18-20-16-17(27)13-14-22(20)30-25(18)23-11-5-6-15-28-23/h3-6,8,10-11,13-16,30H,2,7,9,12H2,1H3,(H,29,31). The maximum atomic E-state index is 13.9. The van der Waals surface area contributed by atoms with Gasteiger partial charge in [-0.15, -0.1) is 0 Å². The van der Waals surface area contributed by atoms with Crippen molar-refractivity contribution in [1.82, 2.24) is 9.97 Å². The van der Waals surface area contributed by atoms with E-state index in [4.69, 9.17) is 4.74 Å². The van der Waals surface area contributed by atoms with Crippen LogP contribution in [0.5, 0.6) is 0 Å². The molecule has 0 fully saturated rings. The molecule has 2 N–H and O–H groups in total. The monoisotopic (exact) mass is 445 g/mol. The number of benzene rings is 2. The third-order valence-electron chi connectivity index (χ3n) is 5.32. The highest BCUT2D eigenvalue weighted by Crippen LogP contribution is 2.31. The number of hydrogen-bond donors (Lipinski definition) is 2. The molecule has 1 amide bonds. The van der Waals surface area contributed by atoms with Gasteiger partial charge in [0.1, 0.15) is 5.82 Å². The van der Waals surface area contributed by atoms with Gasteiger partial charge in [0.2, 0.25) is 5.91 Å². The first-order chi connectivity index (χ1) is 16.1. The number of aryl methyl sites for hydroxylation is 1. The number of anilines is 1. The van der Waals surface area contributed by atoms with Crippen LogP contribution in [-0.4, -0.2) is 28.5 Å². The zero-order chi connectivity index (χ0) is 23.2. The minimum Gasteiger partial charge on any atom is -0.462 e. The predicted octanol–water partition coefficient (Wildman–Crippen LogP) is 5.51. The quantitative estimate of drug-likeness (QED) is 0.351. The van der Waals surface area contributed by atoms with Crippen molar-refractivity contribution in [2.75, 3.05) is 11.9 Å². The number of halogens is 1. The Labute approximate surface area is 190 Å². The fourth-order valence-corrected chi connectivity index (χ4v) is 3.83. The van der Waals surface area contributed by atoms with Gasteiger partial charge in [-0.3, -0.25) is 9.78 Å². The van der Waals surface area contributed by atoms with E-state index < -0.39 is 5.97 Å². The van der Waals surface area contributed by atoms with Crippen molar-refractivity contribution in [3.8, 4) is 11.4 Å². The average molecular weight is 445 g/mol. The minimum atomic E-state index is -0.478. The number of nitrogens with zero attached hydrogens (tertiary/aromatic N) is 1. The van der Waals surface area contributed by atoms with E-state index in [1.54, 1.807) is 43.5 Å². The van der Waals surface area contributed by atoms with Crippen LogP contribution in [-0.2, 0) is 16.0 Å². The Bertz CT molecular complexity index is 1280. The molecular formula is C26H24FN3O3. The average Bonchev–Trinajstić information content (AvgIpc) is 3.18. The number of nitrogens with one attached hydrogen (secondary N) is 2. The maximum Gasteiger partial charge on any atom is 0.340 e. The van der Waals surface area contributed by atoms with Crippen molar-refractivity contribution >= 4 is 28.5 Å². The summed E-state index contributed by atoms with van der Waals surface area (Å²) in [7, 11) is 0. The molecule has 168 valence electrons. The first-order valence-corrected chi connectivity index (χ1v) is 10.8. The van der Waals surface area contributed by atoms with Crippen LogP contribution in [0, 0.1) is 5.82 Å². The van der Waals surface area contributed by atoms with Gasteiger partial charge in [-0.1, -0.05) is 18.2 Å². The largest absolute Gasteiger partial charge is 0.462 e. The van der Waals surface area contributed by atoms with Crippen LogP contribution < -0.4 is 5.32 Å². The number of carbonyl (C=O) groups is 2. The van der Waals surface area contributed by atoms with Crippen molar-refractivity contribution in [1.29, 1.82) is 0 Å². The summed E-state index contributed by atoms with van der Waals surface area (Å²) in [6, 6.07) is 17.0. The van der Waals surface area contributed by atoms with E-state index in [9.17, 15) is 14.0 Å². The normalized spacial score (nSPS) is 10.8. The molecule has 0 aliphatic heterocycles. The summed E-state index contributed by atoms with van der Waals surface area (Å²) in [6.45, 7) is 1.99. The van der Waals surface area contributed by atoms with Crippen LogP contribution in [0.2, 0.25) is 0 Å². The number of H-pyrrole nitrogens is 1. The molecule has 6 nitrogen and oxygen atoms in total. The van der Waals surface area contributed by atoms with Gasteiger partial charge >= 0.3 is 5.97 Å². The predicted molar refractivity (Wildman–Crippen MR) is 125 cm³/mol. The molecule has 0 atom stereocenters. The Morgan fingerprint density at radius 1 is 1.09 bits per heavy atom. The van der Waals surface area contributed by atoms with Crippen molar-refractivity contribution in [3.63, 3.8) is 0 Å². The molecule has 0 saturated carbocycles. The summed E-state index contributed by atoms with van der Waals surface area (Å²) in [5.74, 6) is -1.00. The molecule has 2 aromatic carbocycles. The smallest absolute Gasteiger partial charge is 0.340 e. The Hall–Kier alpha value is -4.00. The second-order valence-electron chi connectivity index (χ2n) is 7.55. The number of aromatic nitrogens is 2. The highest BCUT2D eigenvalue weighted by atomic mass is 19.1. The van der Waals surface area contributed by atoms with Crippen molar-refractivity contribution in [2.24, 2.45) is 0 Å². The molecule has 4 rings (SSSR count). The summed E-state index contributed by atoms with van der Waals surface area (Å²) in [4.78, 5) is 32.5. The highest BCUT2D eigenvalue weighted by molar-refractivity contribution is 6.01. The number of esters is 1. The third kappa shape index (κ3) is 5.09. The minimum absolute atomic E-state index is 0.211. The van der Waals surface area contributed by atoms with Gasteiger partial charge in [-0.05, 0) is 67.8 Å². The van der Waals surface area contributed by atoms with Gasteiger partial charge in [-0.25, -0.2) is 9.18 Å². The number of pyridine rings is 1. The maximum absolute atomic E-state index is 13.9. The summed E-state index contributed by atoms with van der Waals surface area (Å²) >= 11 is 0. The van der Waals surface area contributed by atoms with Gasteiger partial charge in [-0.2, -0.15) is 0 Å². The lowest BCUT2D eigenvalue weighted by Crippen LogP contribution is -2.15. The summed E-state index contributed by atoms with van der Waals surface area (Å²) in [5, 5.41) is 3.58. The van der Waals surface area contributed by atoms with Gasteiger partial charge in [0.25, 0.3) is 0 Å². The topological polar surface area (TPSA) is 84.1 Å². The lowest BCUT2D eigenvalue weighted by atomic mass is 10.0. The van der Waals surface area contributed by atoms with Gasteiger partial charge in [0, 0.05) is 23.5 Å². The Morgan fingerprint density at radius 3 is 2.70 bits per heavy atom. The van der Waals surface area contributed by atoms with E-state index in [0.717, 1.165) is 27.9 Å². The van der Waals surface area contributed by atoms with E-state index in [1.165, 1.54) is 12.1 Å². The molecule has 0 unspecified atom stereocenters. The Balaban J connectivity index is 1.49. The van der Waals surface area contributed by atoms with Crippen molar-refractivity contribution < 1.29 is 18.7 Å². The van der Waals surface area contributed by atoms with Crippen LogP contribution in [0.25, 0.3) is 22.3 Å². The zero-order valence-corrected chi connectivity index (χ0v) is 18.2. The Kier molecular flexibility index (Phi) is 6.78. The molecule has 2 heterocycles.